The van der Waals surface area contributed by atoms with E-state index in [1.165, 1.54) is 13.0 Å². The summed E-state index contributed by atoms with van der Waals surface area (Å²) < 4.78 is 31.6. The molecular formula is C8H7N3O5S. The molecule has 0 spiro atoms. The van der Waals surface area contributed by atoms with Crippen molar-refractivity contribution in [2.24, 2.45) is 0 Å². The van der Waals surface area contributed by atoms with Crippen molar-refractivity contribution >= 4 is 27.1 Å². The summed E-state index contributed by atoms with van der Waals surface area (Å²) >= 11 is 0. The van der Waals surface area contributed by atoms with E-state index in [4.69, 9.17) is 9.66 Å². The lowest BCUT2D eigenvalue weighted by Crippen LogP contribution is -2.11. The van der Waals surface area contributed by atoms with Crippen molar-refractivity contribution in [1.29, 1.82) is 0 Å². The second-order valence-electron chi connectivity index (χ2n) is 3.37. The number of hydrogen-bond acceptors (Lipinski definition) is 5. The van der Waals surface area contributed by atoms with E-state index in [-0.39, 0.29) is 16.6 Å². The van der Waals surface area contributed by atoms with E-state index in [9.17, 15) is 13.2 Å². The number of rotatable bonds is 2. The molecule has 2 aromatic rings. The van der Waals surface area contributed by atoms with Gasteiger partial charge in [0.1, 0.15) is 15.9 Å². The smallest absolute Gasteiger partial charge is 0.337 e. The van der Waals surface area contributed by atoms with Crippen molar-refractivity contribution < 1.29 is 22.9 Å². The zero-order valence-electron chi connectivity index (χ0n) is 8.50. The zero-order chi connectivity index (χ0) is 12.8. The van der Waals surface area contributed by atoms with Crippen LogP contribution in [-0.2, 0) is 10.1 Å². The molecule has 0 saturated heterocycles. The van der Waals surface area contributed by atoms with Crippen LogP contribution in [-0.4, -0.2) is 39.5 Å². The Hall–Kier alpha value is -2.00. The molecule has 0 aliphatic heterocycles. The topological polar surface area (TPSA) is 133 Å². The number of carbonyl (C=O) groups is 1. The lowest BCUT2D eigenvalue weighted by atomic mass is 10.1. The molecule has 90 valence electrons. The SMILES string of the molecule is Cc1cc2n[nH]nc2c(S(=O)(=O)O)c1C(=O)O. The van der Waals surface area contributed by atoms with E-state index in [1.54, 1.807) is 0 Å². The van der Waals surface area contributed by atoms with Gasteiger partial charge in [0.15, 0.2) is 0 Å². The highest BCUT2D eigenvalue weighted by Gasteiger charge is 2.27. The number of benzene rings is 1. The second-order valence-corrected chi connectivity index (χ2v) is 4.73. The summed E-state index contributed by atoms with van der Waals surface area (Å²) in [4.78, 5) is 10.3. The van der Waals surface area contributed by atoms with Gasteiger partial charge >= 0.3 is 5.97 Å². The highest BCUT2D eigenvalue weighted by atomic mass is 32.2. The van der Waals surface area contributed by atoms with Crippen molar-refractivity contribution in [2.75, 3.05) is 0 Å². The summed E-state index contributed by atoms with van der Waals surface area (Å²) in [5.74, 6) is -1.46. The minimum absolute atomic E-state index is 0.167. The van der Waals surface area contributed by atoms with Gasteiger partial charge in [0.05, 0.1) is 5.56 Å². The fourth-order valence-electron chi connectivity index (χ4n) is 1.60. The van der Waals surface area contributed by atoms with Gasteiger partial charge in [-0.3, -0.25) is 4.55 Å². The average molecular weight is 257 g/mol. The molecule has 1 heterocycles. The predicted octanol–water partition coefficient (Wildman–Crippen LogP) is 0.211. The van der Waals surface area contributed by atoms with Crippen LogP contribution in [0.25, 0.3) is 11.0 Å². The molecule has 0 aliphatic carbocycles. The number of aromatic nitrogens is 3. The Morgan fingerprint density at radius 1 is 1.41 bits per heavy atom. The lowest BCUT2D eigenvalue weighted by molar-refractivity contribution is 0.0691. The van der Waals surface area contributed by atoms with E-state index in [1.807, 2.05) is 0 Å². The fraction of sp³-hybridized carbons (Fsp3) is 0.125. The van der Waals surface area contributed by atoms with E-state index in [2.05, 4.69) is 15.4 Å². The number of aryl methyl sites for hydroxylation is 1. The summed E-state index contributed by atoms with van der Waals surface area (Å²) in [6.07, 6.45) is 0. The van der Waals surface area contributed by atoms with Crippen LogP contribution in [0.15, 0.2) is 11.0 Å². The van der Waals surface area contributed by atoms with E-state index in [0.29, 0.717) is 0 Å². The first kappa shape index (κ1) is 11.5. The summed E-state index contributed by atoms with van der Waals surface area (Å²) in [7, 11) is -4.70. The first-order valence-corrected chi connectivity index (χ1v) is 5.81. The molecule has 0 atom stereocenters. The molecule has 0 unspecified atom stereocenters. The maximum absolute atomic E-state index is 11.2. The third-order valence-corrected chi connectivity index (χ3v) is 3.15. The number of hydrogen-bond donors (Lipinski definition) is 3. The molecule has 3 N–H and O–H groups in total. The molecule has 0 radical (unpaired) electrons. The largest absolute Gasteiger partial charge is 0.478 e. The molecule has 0 saturated carbocycles. The van der Waals surface area contributed by atoms with Crippen LogP contribution in [0, 0.1) is 6.92 Å². The number of carboxylic acid groups (broad SMARTS) is 1. The van der Waals surface area contributed by atoms with Gasteiger partial charge in [-0.1, -0.05) is 0 Å². The van der Waals surface area contributed by atoms with Crippen LogP contribution < -0.4 is 0 Å². The quantitative estimate of drug-likeness (QED) is 0.655. The molecule has 8 nitrogen and oxygen atoms in total. The third kappa shape index (κ3) is 1.74. The van der Waals surface area contributed by atoms with Crippen molar-refractivity contribution in [2.45, 2.75) is 11.8 Å². The van der Waals surface area contributed by atoms with Crippen LogP contribution >= 0.6 is 0 Å². The standard InChI is InChI=1S/C8H7N3O5S/c1-3-2-4-6(10-11-9-4)7(17(14,15)16)5(3)8(12)13/h2H,1H3,(H,12,13)(H,9,10,11)(H,14,15,16). The predicted molar refractivity (Wildman–Crippen MR) is 55.4 cm³/mol. The van der Waals surface area contributed by atoms with Crippen molar-refractivity contribution in [3.63, 3.8) is 0 Å². The molecule has 2 rings (SSSR count). The van der Waals surface area contributed by atoms with Crippen molar-refractivity contribution in [1.82, 2.24) is 15.4 Å². The Labute approximate surface area is 95.0 Å². The van der Waals surface area contributed by atoms with Gasteiger partial charge in [0, 0.05) is 0 Å². The Morgan fingerprint density at radius 3 is 2.59 bits per heavy atom. The molecule has 17 heavy (non-hydrogen) atoms. The van der Waals surface area contributed by atoms with Gasteiger partial charge in [-0.2, -0.15) is 23.8 Å². The summed E-state index contributed by atoms with van der Waals surface area (Å²) in [5.41, 5.74) is -0.365. The van der Waals surface area contributed by atoms with Gasteiger partial charge in [0.25, 0.3) is 10.1 Å². The fourth-order valence-corrected chi connectivity index (χ4v) is 2.50. The number of aromatic carboxylic acids is 1. The van der Waals surface area contributed by atoms with Gasteiger partial charge in [-0.15, -0.1) is 0 Å². The van der Waals surface area contributed by atoms with E-state index < -0.39 is 26.5 Å². The van der Waals surface area contributed by atoms with E-state index >= 15 is 0 Å². The summed E-state index contributed by atoms with van der Waals surface area (Å²) in [6.45, 7) is 1.41. The highest BCUT2D eigenvalue weighted by molar-refractivity contribution is 7.86. The normalized spacial score (nSPS) is 11.9. The minimum Gasteiger partial charge on any atom is -0.478 e. The second kappa shape index (κ2) is 3.50. The number of nitrogens with one attached hydrogen (secondary N) is 1. The van der Waals surface area contributed by atoms with Crippen molar-refractivity contribution in [3.8, 4) is 0 Å². The number of nitrogens with zero attached hydrogens (tertiary/aromatic N) is 2. The van der Waals surface area contributed by atoms with Crippen molar-refractivity contribution in [3.05, 3.63) is 17.2 Å². The Bertz CT molecular complexity index is 718. The van der Waals surface area contributed by atoms with E-state index in [0.717, 1.165) is 0 Å². The molecule has 1 aromatic heterocycles. The Morgan fingerprint density at radius 2 is 2.06 bits per heavy atom. The monoisotopic (exact) mass is 257 g/mol. The van der Waals surface area contributed by atoms with Gasteiger partial charge in [-0.25, -0.2) is 4.79 Å². The molecule has 0 aliphatic rings. The first-order valence-electron chi connectivity index (χ1n) is 4.37. The zero-order valence-corrected chi connectivity index (χ0v) is 9.32. The molecule has 1 aromatic carbocycles. The van der Waals surface area contributed by atoms with Crippen LogP contribution in [0.4, 0.5) is 0 Å². The number of aromatic amines is 1. The van der Waals surface area contributed by atoms with Crippen LogP contribution in [0.3, 0.4) is 0 Å². The highest BCUT2D eigenvalue weighted by Crippen LogP contribution is 2.27. The van der Waals surface area contributed by atoms with Gasteiger partial charge < -0.3 is 5.11 Å². The Balaban J connectivity index is 3.07. The summed E-state index contributed by atoms with van der Waals surface area (Å²) in [5, 5.41) is 18.3. The molecule has 9 heteroatoms. The average Bonchev–Trinajstić information content (AvgIpc) is 2.60. The summed E-state index contributed by atoms with van der Waals surface area (Å²) in [6, 6.07) is 1.37. The van der Waals surface area contributed by atoms with Crippen LogP contribution in [0.1, 0.15) is 15.9 Å². The maximum Gasteiger partial charge on any atom is 0.337 e. The van der Waals surface area contributed by atoms with Gasteiger partial charge in [-0.05, 0) is 18.6 Å². The molecular weight excluding hydrogens is 250 g/mol. The minimum atomic E-state index is -4.70. The number of H-pyrrole nitrogens is 1. The first-order chi connectivity index (χ1) is 7.82. The lowest BCUT2D eigenvalue weighted by Gasteiger charge is -2.06. The van der Waals surface area contributed by atoms with Gasteiger partial charge in [0.2, 0.25) is 0 Å². The molecule has 0 bridgehead atoms. The number of fused-ring (bicyclic) bond motifs is 1. The molecule has 0 amide bonds. The molecule has 0 fully saturated rings. The Kier molecular flexibility index (Phi) is 2.36. The van der Waals surface area contributed by atoms with Crippen LogP contribution in [0.2, 0.25) is 0 Å². The third-order valence-electron chi connectivity index (χ3n) is 2.24. The van der Waals surface area contributed by atoms with Crippen LogP contribution in [0.5, 0.6) is 0 Å². The maximum atomic E-state index is 11.2. The number of carboxylic acids is 1.